The molecule has 1 saturated heterocycles. The number of aromatic nitrogens is 1. The fourth-order valence-electron chi connectivity index (χ4n) is 3.27. The van der Waals surface area contributed by atoms with E-state index in [9.17, 15) is 0 Å². The molecule has 7 heteroatoms. The number of hydrogen-bond donors (Lipinski definition) is 1. The van der Waals surface area contributed by atoms with Crippen molar-refractivity contribution in [3.05, 3.63) is 47.8 Å². The molecule has 2 aromatic rings. The lowest BCUT2D eigenvalue weighted by atomic mass is 10.0. The Kier molecular flexibility index (Phi) is 7.50. The van der Waals surface area contributed by atoms with Crippen LogP contribution in [0.2, 0.25) is 0 Å². The third-order valence-electron chi connectivity index (χ3n) is 4.58. The second-order valence-electron chi connectivity index (χ2n) is 6.00. The van der Waals surface area contributed by atoms with E-state index in [1.165, 1.54) is 5.56 Å². The van der Waals surface area contributed by atoms with E-state index in [2.05, 4.69) is 21.3 Å². The predicted molar refractivity (Wildman–Crippen MR) is 104 cm³/mol. The molecule has 3 rings (SSSR count). The number of ether oxygens (including phenoxy) is 3. The molecule has 0 saturated carbocycles. The number of nitrogens with one attached hydrogen (secondary N) is 1. The molecule has 0 bridgehead atoms. The number of nitrogens with zero attached hydrogens (tertiary/aromatic N) is 2. The summed E-state index contributed by atoms with van der Waals surface area (Å²) in [5.74, 6) is 2.19. The summed E-state index contributed by atoms with van der Waals surface area (Å²) in [5, 5.41) is 3.47. The van der Waals surface area contributed by atoms with Crippen molar-refractivity contribution in [2.45, 2.75) is 12.6 Å². The second-order valence-corrected chi connectivity index (χ2v) is 6.00. The van der Waals surface area contributed by atoms with Crippen LogP contribution in [0.25, 0.3) is 0 Å². The van der Waals surface area contributed by atoms with Crippen LogP contribution in [-0.4, -0.2) is 50.8 Å². The monoisotopic (exact) mass is 379 g/mol. The van der Waals surface area contributed by atoms with Gasteiger partial charge in [-0.15, -0.1) is 12.4 Å². The summed E-state index contributed by atoms with van der Waals surface area (Å²) in [7, 11) is 4.96. The van der Waals surface area contributed by atoms with Gasteiger partial charge in [-0.2, -0.15) is 0 Å². The molecule has 0 radical (unpaired) electrons. The van der Waals surface area contributed by atoms with Crippen molar-refractivity contribution in [1.29, 1.82) is 0 Å². The van der Waals surface area contributed by atoms with Gasteiger partial charge in [0.25, 0.3) is 0 Å². The van der Waals surface area contributed by atoms with Crippen molar-refractivity contribution in [1.82, 2.24) is 15.2 Å². The quantitative estimate of drug-likeness (QED) is 0.832. The van der Waals surface area contributed by atoms with Gasteiger partial charge in [-0.05, 0) is 17.7 Å². The van der Waals surface area contributed by atoms with Crippen molar-refractivity contribution in [3.63, 3.8) is 0 Å². The van der Waals surface area contributed by atoms with Crippen LogP contribution in [0.5, 0.6) is 17.2 Å². The number of pyridine rings is 1. The predicted octanol–water partition coefficient (Wildman–Crippen LogP) is 2.68. The van der Waals surface area contributed by atoms with Crippen LogP contribution in [0.3, 0.4) is 0 Å². The van der Waals surface area contributed by atoms with Crippen LogP contribution in [0.15, 0.2) is 36.7 Å². The molecule has 6 nitrogen and oxygen atoms in total. The van der Waals surface area contributed by atoms with Gasteiger partial charge in [0.15, 0.2) is 11.5 Å². The zero-order valence-corrected chi connectivity index (χ0v) is 16.2. The molecule has 1 aliphatic heterocycles. The topological polar surface area (TPSA) is 55.9 Å². The summed E-state index contributed by atoms with van der Waals surface area (Å²) in [6.45, 7) is 3.59. The Balaban J connectivity index is 0.00000243. The van der Waals surface area contributed by atoms with Crippen LogP contribution in [0.1, 0.15) is 17.2 Å². The summed E-state index contributed by atoms with van der Waals surface area (Å²) in [6, 6.07) is 8.28. The highest BCUT2D eigenvalue weighted by molar-refractivity contribution is 5.85. The molecule has 0 spiro atoms. The Morgan fingerprint density at radius 2 is 1.85 bits per heavy atom. The van der Waals surface area contributed by atoms with Crippen molar-refractivity contribution in [2.75, 3.05) is 41.0 Å². The fraction of sp³-hybridized carbons (Fsp3) is 0.421. The van der Waals surface area contributed by atoms with E-state index in [0.29, 0.717) is 11.5 Å². The van der Waals surface area contributed by atoms with E-state index < -0.39 is 0 Å². The van der Waals surface area contributed by atoms with E-state index in [4.69, 9.17) is 14.2 Å². The molecule has 1 aromatic heterocycles. The van der Waals surface area contributed by atoms with E-state index in [0.717, 1.165) is 37.5 Å². The average molecular weight is 380 g/mol. The zero-order chi connectivity index (χ0) is 17.6. The maximum Gasteiger partial charge on any atom is 0.164 e. The Bertz CT molecular complexity index is 700. The molecule has 1 N–H and O–H groups in total. The van der Waals surface area contributed by atoms with Gasteiger partial charge in [-0.25, -0.2) is 0 Å². The van der Waals surface area contributed by atoms with Crippen molar-refractivity contribution in [2.24, 2.45) is 0 Å². The van der Waals surface area contributed by atoms with Gasteiger partial charge in [0.05, 0.1) is 21.3 Å². The molecule has 142 valence electrons. The summed E-state index contributed by atoms with van der Waals surface area (Å²) >= 11 is 0. The maximum atomic E-state index is 5.58. The number of benzene rings is 1. The molecule has 0 aliphatic carbocycles. The summed E-state index contributed by atoms with van der Waals surface area (Å²) in [4.78, 5) is 6.71. The first-order valence-electron chi connectivity index (χ1n) is 8.40. The smallest absolute Gasteiger partial charge is 0.164 e. The highest BCUT2D eigenvalue weighted by Crippen LogP contribution is 2.36. The summed E-state index contributed by atoms with van der Waals surface area (Å²) in [5.41, 5.74) is 2.30. The Labute approximate surface area is 160 Å². The lowest BCUT2D eigenvalue weighted by molar-refractivity contribution is 0.151. The highest BCUT2D eigenvalue weighted by atomic mass is 35.5. The number of halogens is 1. The summed E-state index contributed by atoms with van der Waals surface area (Å²) < 4.78 is 16.4. The van der Waals surface area contributed by atoms with Crippen molar-refractivity contribution < 1.29 is 14.2 Å². The van der Waals surface area contributed by atoms with Gasteiger partial charge in [-0.1, -0.05) is 6.07 Å². The third-order valence-corrected chi connectivity index (χ3v) is 4.58. The minimum absolute atomic E-state index is 0. The molecular weight excluding hydrogens is 354 g/mol. The standard InChI is InChI=1S/C19H25N3O3.ClH/c1-23-17-10-19(25-3)18(24-2)9-15(17)13-22-8-7-21-12-16(22)14-5-4-6-20-11-14;/h4-6,9-11,16,21H,7-8,12-13H2,1-3H3;1H. The fourth-order valence-corrected chi connectivity index (χ4v) is 3.27. The van der Waals surface area contributed by atoms with Crippen LogP contribution < -0.4 is 19.5 Å². The lowest BCUT2D eigenvalue weighted by Gasteiger charge is -2.36. The van der Waals surface area contributed by atoms with E-state index >= 15 is 0 Å². The first kappa shape index (κ1) is 20.3. The molecule has 1 unspecified atom stereocenters. The first-order valence-corrected chi connectivity index (χ1v) is 8.40. The molecule has 0 amide bonds. The Morgan fingerprint density at radius 1 is 1.12 bits per heavy atom. The van der Waals surface area contributed by atoms with Crippen LogP contribution in [-0.2, 0) is 6.54 Å². The molecular formula is C19H26ClN3O3. The van der Waals surface area contributed by atoms with Crippen LogP contribution in [0, 0.1) is 0 Å². The van der Waals surface area contributed by atoms with E-state index in [-0.39, 0.29) is 18.4 Å². The summed E-state index contributed by atoms with van der Waals surface area (Å²) in [6.07, 6.45) is 3.75. The Hall–Kier alpha value is -2.02. The SMILES string of the molecule is COc1cc(OC)c(OC)cc1CN1CCNCC1c1cccnc1.Cl. The number of hydrogen-bond acceptors (Lipinski definition) is 6. The number of rotatable bonds is 6. The van der Waals surface area contributed by atoms with Gasteiger partial charge in [0, 0.05) is 56.2 Å². The first-order chi connectivity index (χ1) is 12.3. The largest absolute Gasteiger partial charge is 0.496 e. The minimum Gasteiger partial charge on any atom is -0.496 e. The molecule has 1 atom stereocenters. The normalized spacial score (nSPS) is 17.3. The molecule has 1 aliphatic rings. The number of methoxy groups -OCH3 is 3. The van der Waals surface area contributed by atoms with Gasteiger partial charge in [0.2, 0.25) is 0 Å². The Morgan fingerprint density at radius 3 is 2.50 bits per heavy atom. The van der Waals surface area contributed by atoms with E-state index in [1.807, 2.05) is 30.6 Å². The number of piperazine rings is 1. The average Bonchev–Trinajstić information content (AvgIpc) is 2.68. The maximum absolute atomic E-state index is 5.58. The van der Waals surface area contributed by atoms with Gasteiger partial charge < -0.3 is 19.5 Å². The molecule has 26 heavy (non-hydrogen) atoms. The third kappa shape index (κ3) is 4.38. The van der Waals surface area contributed by atoms with Crippen LogP contribution in [0.4, 0.5) is 0 Å². The highest BCUT2D eigenvalue weighted by Gasteiger charge is 2.25. The molecule has 1 aromatic carbocycles. The van der Waals surface area contributed by atoms with Crippen molar-refractivity contribution >= 4 is 12.4 Å². The van der Waals surface area contributed by atoms with E-state index in [1.54, 1.807) is 21.3 Å². The minimum atomic E-state index is 0. The van der Waals surface area contributed by atoms with Crippen LogP contribution >= 0.6 is 12.4 Å². The molecule has 2 heterocycles. The zero-order valence-electron chi connectivity index (χ0n) is 15.4. The second kappa shape index (κ2) is 9.62. The van der Waals surface area contributed by atoms with Gasteiger partial charge in [-0.3, -0.25) is 9.88 Å². The van der Waals surface area contributed by atoms with Gasteiger partial charge >= 0.3 is 0 Å². The molecule has 1 fully saturated rings. The van der Waals surface area contributed by atoms with Gasteiger partial charge in [0.1, 0.15) is 5.75 Å². The lowest BCUT2D eigenvalue weighted by Crippen LogP contribution is -2.45. The van der Waals surface area contributed by atoms with Crippen molar-refractivity contribution in [3.8, 4) is 17.2 Å².